The Labute approximate surface area is 107 Å². The summed E-state index contributed by atoms with van der Waals surface area (Å²) in [6.45, 7) is 1.27. The number of H-pyrrole nitrogens is 1. The van der Waals surface area contributed by atoms with Gasteiger partial charge in [0.1, 0.15) is 18.3 Å². The summed E-state index contributed by atoms with van der Waals surface area (Å²) in [5.74, 6) is 0. The first-order valence-electron chi connectivity index (χ1n) is 5.96. The lowest BCUT2D eigenvalue weighted by Gasteiger charge is -2.17. The molecule has 0 saturated carbocycles. The first-order valence-corrected chi connectivity index (χ1v) is 5.96. The van der Waals surface area contributed by atoms with E-state index in [1.54, 1.807) is 6.92 Å². The smallest absolute Gasteiger partial charge is 0.330 e. The Bertz CT molecular complexity index is 565. The van der Waals surface area contributed by atoms with E-state index in [9.17, 15) is 19.8 Å². The molecule has 2 heterocycles. The van der Waals surface area contributed by atoms with Gasteiger partial charge in [-0.3, -0.25) is 14.3 Å². The Morgan fingerprint density at radius 3 is 2.58 bits per heavy atom. The van der Waals surface area contributed by atoms with Crippen molar-refractivity contribution in [3.63, 3.8) is 0 Å². The van der Waals surface area contributed by atoms with Crippen molar-refractivity contribution >= 4 is 0 Å². The Hall–Kier alpha value is -1.48. The number of hydrogen-bond acceptors (Lipinski definition) is 6. The van der Waals surface area contributed by atoms with Crippen LogP contribution in [-0.2, 0) is 11.2 Å². The number of aryl methyl sites for hydroxylation is 1. The molecule has 4 N–H and O–H groups in total. The van der Waals surface area contributed by atoms with Crippen LogP contribution in [-0.4, -0.2) is 49.8 Å². The normalized spacial score (nSPS) is 30.7. The Kier molecular flexibility index (Phi) is 3.85. The molecule has 0 radical (unpaired) electrons. The van der Waals surface area contributed by atoms with E-state index in [1.807, 2.05) is 0 Å². The molecule has 2 rings (SSSR count). The molecule has 1 fully saturated rings. The average molecular weight is 272 g/mol. The summed E-state index contributed by atoms with van der Waals surface area (Å²) in [6.07, 6.45) is -3.05. The molecular weight excluding hydrogens is 256 g/mol. The summed E-state index contributed by atoms with van der Waals surface area (Å²) >= 11 is 0. The van der Waals surface area contributed by atoms with E-state index in [0.29, 0.717) is 12.0 Å². The number of nitrogens with one attached hydrogen (secondary N) is 1. The van der Waals surface area contributed by atoms with Gasteiger partial charge in [-0.1, -0.05) is 6.92 Å². The van der Waals surface area contributed by atoms with Gasteiger partial charge in [-0.25, -0.2) is 4.79 Å². The van der Waals surface area contributed by atoms with E-state index in [4.69, 9.17) is 9.84 Å². The van der Waals surface area contributed by atoms with E-state index in [-0.39, 0.29) is 0 Å². The number of aromatic nitrogens is 2. The first-order chi connectivity index (χ1) is 8.99. The molecule has 4 atom stereocenters. The van der Waals surface area contributed by atoms with Gasteiger partial charge >= 0.3 is 5.69 Å². The predicted molar refractivity (Wildman–Crippen MR) is 63.7 cm³/mol. The quantitative estimate of drug-likeness (QED) is 0.491. The summed E-state index contributed by atoms with van der Waals surface area (Å²) in [5.41, 5.74) is -0.870. The van der Waals surface area contributed by atoms with Gasteiger partial charge in [0.2, 0.25) is 0 Å². The SMILES string of the molecule is CCc1cn([C@@H]2O[C@H](CO)[C@@H](O)[C@@H]2O)c(=O)[nH]c1=O. The molecule has 1 aromatic heterocycles. The van der Waals surface area contributed by atoms with E-state index in [2.05, 4.69) is 4.98 Å². The van der Waals surface area contributed by atoms with Crippen molar-refractivity contribution in [2.24, 2.45) is 0 Å². The van der Waals surface area contributed by atoms with Crippen molar-refractivity contribution in [1.29, 1.82) is 0 Å². The van der Waals surface area contributed by atoms with Crippen LogP contribution in [0.4, 0.5) is 0 Å². The summed E-state index contributed by atoms with van der Waals surface area (Å²) in [7, 11) is 0. The van der Waals surface area contributed by atoms with Crippen LogP contribution < -0.4 is 11.2 Å². The molecular formula is C11H16N2O6. The maximum atomic E-state index is 11.7. The van der Waals surface area contributed by atoms with E-state index >= 15 is 0 Å². The van der Waals surface area contributed by atoms with Crippen molar-refractivity contribution in [2.45, 2.75) is 37.9 Å². The van der Waals surface area contributed by atoms with Crippen LogP contribution in [0.15, 0.2) is 15.8 Å². The lowest BCUT2D eigenvalue weighted by molar-refractivity contribution is -0.0551. The third-order valence-corrected chi connectivity index (χ3v) is 3.21. The first kappa shape index (κ1) is 13.9. The fraction of sp³-hybridized carbons (Fsp3) is 0.636. The Morgan fingerprint density at radius 1 is 1.37 bits per heavy atom. The number of hydrogen-bond donors (Lipinski definition) is 4. The molecule has 19 heavy (non-hydrogen) atoms. The monoisotopic (exact) mass is 272 g/mol. The lowest BCUT2D eigenvalue weighted by atomic mass is 10.1. The largest absolute Gasteiger partial charge is 0.394 e. The molecule has 1 aromatic rings. The van der Waals surface area contributed by atoms with Crippen molar-refractivity contribution in [2.75, 3.05) is 6.61 Å². The molecule has 1 aliphatic heterocycles. The summed E-state index contributed by atoms with van der Waals surface area (Å²) in [4.78, 5) is 25.3. The van der Waals surface area contributed by atoms with E-state index in [0.717, 1.165) is 4.57 Å². The molecule has 1 saturated heterocycles. The molecule has 0 bridgehead atoms. The summed E-state index contributed by atoms with van der Waals surface area (Å²) in [6, 6.07) is 0. The fourth-order valence-corrected chi connectivity index (χ4v) is 2.08. The Morgan fingerprint density at radius 2 is 2.05 bits per heavy atom. The second-order valence-corrected chi connectivity index (χ2v) is 4.40. The van der Waals surface area contributed by atoms with Crippen molar-refractivity contribution < 1.29 is 20.1 Å². The van der Waals surface area contributed by atoms with Crippen LogP contribution in [0.3, 0.4) is 0 Å². The maximum Gasteiger partial charge on any atom is 0.330 e. The van der Waals surface area contributed by atoms with Gasteiger partial charge in [-0.2, -0.15) is 0 Å². The van der Waals surface area contributed by atoms with Crippen LogP contribution in [0.25, 0.3) is 0 Å². The predicted octanol–water partition coefficient (Wildman–Crippen LogP) is -2.29. The lowest BCUT2D eigenvalue weighted by Crippen LogP contribution is -2.38. The van der Waals surface area contributed by atoms with Crippen molar-refractivity contribution in [3.8, 4) is 0 Å². The minimum absolute atomic E-state index is 0.359. The third-order valence-electron chi connectivity index (χ3n) is 3.21. The molecule has 1 aliphatic rings. The zero-order valence-corrected chi connectivity index (χ0v) is 10.3. The topological polar surface area (TPSA) is 125 Å². The van der Waals surface area contributed by atoms with E-state index < -0.39 is 42.4 Å². The highest BCUT2D eigenvalue weighted by Gasteiger charge is 2.43. The molecule has 8 heteroatoms. The van der Waals surface area contributed by atoms with Crippen LogP contribution >= 0.6 is 0 Å². The molecule has 0 unspecified atom stereocenters. The second kappa shape index (κ2) is 5.25. The van der Waals surface area contributed by atoms with Crippen molar-refractivity contribution in [3.05, 3.63) is 32.6 Å². The third kappa shape index (κ3) is 2.35. The number of aliphatic hydroxyl groups excluding tert-OH is 3. The number of nitrogens with zero attached hydrogens (tertiary/aromatic N) is 1. The molecule has 8 nitrogen and oxygen atoms in total. The number of ether oxygens (including phenoxy) is 1. The van der Waals surface area contributed by atoms with Gasteiger partial charge in [0.15, 0.2) is 6.23 Å². The summed E-state index contributed by atoms with van der Waals surface area (Å²) < 4.78 is 6.25. The minimum Gasteiger partial charge on any atom is -0.394 e. The zero-order chi connectivity index (χ0) is 14.2. The standard InChI is InChI=1S/C11H16N2O6/c1-2-5-3-13(11(18)12-9(5)17)10-8(16)7(15)6(4-14)19-10/h3,6-8,10,14-16H,2,4H2,1H3,(H,12,17,18)/t6-,7-,8+,10-/m1/s1. The van der Waals surface area contributed by atoms with Crippen LogP contribution in [0.2, 0.25) is 0 Å². The molecule has 0 spiro atoms. The van der Waals surface area contributed by atoms with Crippen LogP contribution in [0.5, 0.6) is 0 Å². The van der Waals surface area contributed by atoms with Crippen molar-refractivity contribution in [1.82, 2.24) is 9.55 Å². The highest BCUT2D eigenvalue weighted by Crippen LogP contribution is 2.27. The minimum atomic E-state index is -1.36. The number of aliphatic hydroxyl groups is 3. The number of rotatable bonds is 3. The molecule has 106 valence electrons. The highest BCUT2D eigenvalue weighted by atomic mass is 16.6. The van der Waals surface area contributed by atoms with Gasteiger partial charge in [-0.05, 0) is 6.42 Å². The molecule has 0 aromatic carbocycles. The molecule has 0 aliphatic carbocycles. The van der Waals surface area contributed by atoms with Crippen LogP contribution in [0.1, 0.15) is 18.7 Å². The second-order valence-electron chi connectivity index (χ2n) is 4.40. The number of aromatic amines is 1. The van der Waals surface area contributed by atoms with Gasteiger partial charge in [-0.15, -0.1) is 0 Å². The maximum absolute atomic E-state index is 11.7. The highest BCUT2D eigenvalue weighted by molar-refractivity contribution is 5.05. The van der Waals surface area contributed by atoms with Crippen LogP contribution in [0, 0.1) is 0 Å². The summed E-state index contributed by atoms with van der Waals surface area (Å²) in [5, 5.41) is 28.5. The molecule has 0 amide bonds. The van der Waals surface area contributed by atoms with Gasteiger partial charge in [0.05, 0.1) is 6.61 Å². The average Bonchev–Trinajstić information content (AvgIpc) is 2.67. The van der Waals surface area contributed by atoms with Gasteiger partial charge in [0.25, 0.3) is 5.56 Å². The fourth-order valence-electron chi connectivity index (χ4n) is 2.08. The zero-order valence-electron chi connectivity index (χ0n) is 10.3. The van der Waals surface area contributed by atoms with E-state index in [1.165, 1.54) is 6.20 Å². The Balaban J connectivity index is 2.43. The van der Waals surface area contributed by atoms with Gasteiger partial charge < -0.3 is 20.1 Å². The van der Waals surface area contributed by atoms with Gasteiger partial charge in [0, 0.05) is 11.8 Å².